The van der Waals surface area contributed by atoms with Gasteiger partial charge in [-0.3, -0.25) is 0 Å². The summed E-state index contributed by atoms with van der Waals surface area (Å²) in [6.45, 7) is 0. The van der Waals surface area contributed by atoms with Crippen molar-refractivity contribution >= 4 is 45.5 Å². The molecule has 0 aromatic heterocycles. The molecule has 0 amide bonds. The average Bonchev–Trinajstić information content (AvgIpc) is 1.69. The maximum Gasteiger partial charge on any atom is 0.0175 e. The fourth-order valence-corrected chi connectivity index (χ4v) is 0.720. The van der Waals surface area contributed by atoms with E-state index in [0.29, 0.717) is 0 Å². The van der Waals surface area contributed by atoms with Crippen LogP contribution in [0.2, 0.25) is 0 Å². The Bertz CT molecular complexity index is 138. The smallest absolute Gasteiger partial charge is 0.0175 e. The van der Waals surface area contributed by atoms with Gasteiger partial charge in [-0.25, -0.2) is 0 Å². The second-order valence-electron chi connectivity index (χ2n) is 1.30. The molecule has 2 heteroatoms. The topological polar surface area (TPSA) is 0 Å². The molecule has 0 unspecified atom stereocenters. The van der Waals surface area contributed by atoms with Crippen LogP contribution in [0.4, 0.5) is 0 Å². The molecular weight excluding hydrogens is 175 g/mol. The van der Waals surface area contributed by atoms with E-state index in [1.807, 2.05) is 30.3 Å². The van der Waals surface area contributed by atoms with Gasteiger partial charge in [-0.05, 0) is 12.1 Å². The van der Waals surface area contributed by atoms with Crippen LogP contribution in [-0.2, 0) is 0 Å². The van der Waals surface area contributed by atoms with Crippen molar-refractivity contribution in [1.82, 2.24) is 0 Å². The van der Waals surface area contributed by atoms with Crippen LogP contribution in [0.15, 0.2) is 34.8 Å². The molecule has 0 atom stereocenters. The molecule has 1 aromatic rings. The van der Waals surface area contributed by atoms with Crippen LogP contribution in [0.25, 0.3) is 0 Å². The maximum absolute atomic E-state index is 3.31. The van der Waals surface area contributed by atoms with Crippen molar-refractivity contribution in [3.8, 4) is 0 Å². The predicted octanol–water partition coefficient (Wildman–Crippen LogP) is 2.07. The molecule has 0 fully saturated rings. The summed E-state index contributed by atoms with van der Waals surface area (Å²) in [4.78, 5) is 0. The summed E-state index contributed by atoms with van der Waals surface area (Å²) in [5, 5.41) is 0. The minimum atomic E-state index is 0. The Labute approximate surface area is 79.7 Å². The fourth-order valence-electron chi connectivity index (χ4n) is 0.415. The van der Waals surface area contributed by atoms with E-state index in [-0.39, 0.29) is 29.6 Å². The molecule has 0 saturated heterocycles. The number of benzene rings is 1. The van der Waals surface area contributed by atoms with Crippen molar-refractivity contribution in [2.75, 3.05) is 0 Å². The summed E-state index contributed by atoms with van der Waals surface area (Å²) in [5.74, 6) is 0. The summed E-state index contributed by atoms with van der Waals surface area (Å²) in [6, 6.07) is 9.97. The first-order valence-electron chi connectivity index (χ1n) is 2.10. The van der Waals surface area contributed by atoms with Crippen LogP contribution in [0, 0.1) is 0 Å². The largest absolute Gasteiger partial charge is 0.0622 e. The first-order chi connectivity index (χ1) is 3.39. The van der Waals surface area contributed by atoms with Crippen LogP contribution in [0.1, 0.15) is 0 Å². The molecule has 0 aliphatic rings. The molecule has 1 radical (unpaired) electrons. The van der Waals surface area contributed by atoms with E-state index in [4.69, 9.17) is 0 Å². The summed E-state index contributed by atoms with van der Waals surface area (Å²) in [5.41, 5.74) is 0. The molecule has 0 aliphatic carbocycles. The number of hydrogen-bond acceptors (Lipinski definition) is 0. The summed E-state index contributed by atoms with van der Waals surface area (Å²) >= 11 is 3.31. The zero-order chi connectivity index (χ0) is 5.11. The van der Waals surface area contributed by atoms with Gasteiger partial charge in [0.1, 0.15) is 0 Å². The Morgan fingerprint density at radius 3 is 1.75 bits per heavy atom. The van der Waals surface area contributed by atoms with Gasteiger partial charge in [-0.15, -0.1) is 0 Å². The molecule has 1 rings (SSSR count). The minimum Gasteiger partial charge on any atom is -0.0622 e. The molecule has 0 nitrogen and oxygen atoms in total. The third kappa shape index (κ3) is 2.88. The van der Waals surface area contributed by atoms with E-state index in [1.54, 1.807) is 0 Å². The second-order valence-corrected chi connectivity index (χ2v) is 2.21. The first kappa shape index (κ1) is 8.70. The van der Waals surface area contributed by atoms with E-state index in [2.05, 4.69) is 15.9 Å². The monoisotopic (exact) mass is 179 g/mol. The van der Waals surface area contributed by atoms with Gasteiger partial charge in [0.15, 0.2) is 0 Å². The van der Waals surface area contributed by atoms with E-state index in [9.17, 15) is 0 Å². The molecule has 0 spiro atoms. The van der Waals surface area contributed by atoms with Gasteiger partial charge in [0.2, 0.25) is 0 Å². The zero-order valence-electron chi connectivity index (χ0n) is 4.76. The molecule has 0 saturated carbocycles. The molecule has 0 N–H and O–H groups in total. The normalized spacial score (nSPS) is 7.62. The Kier molecular flexibility index (Phi) is 4.97. The standard InChI is InChI=1S/C6H5Br.Na/c7-6-4-2-1-3-5-6;/h1-5H;. The SMILES string of the molecule is Brc1ccccc1.[Na]. The van der Waals surface area contributed by atoms with Crippen molar-refractivity contribution in [2.24, 2.45) is 0 Å². The molecule has 1 aromatic carbocycles. The summed E-state index contributed by atoms with van der Waals surface area (Å²) < 4.78 is 1.13. The van der Waals surface area contributed by atoms with E-state index in [1.165, 1.54) is 0 Å². The molecule has 8 heavy (non-hydrogen) atoms. The Hall–Kier alpha value is 0.700. The van der Waals surface area contributed by atoms with Crippen LogP contribution in [0.3, 0.4) is 0 Å². The number of halogens is 1. The van der Waals surface area contributed by atoms with Crippen molar-refractivity contribution in [2.45, 2.75) is 0 Å². The van der Waals surface area contributed by atoms with Crippen molar-refractivity contribution in [3.05, 3.63) is 34.8 Å². The fraction of sp³-hybridized carbons (Fsp3) is 0. The van der Waals surface area contributed by atoms with Crippen LogP contribution >= 0.6 is 15.9 Å². The van der Waals surface area contributed by atoms with Crippen molar-refractivity contribution in [3.63, 3.8) is 0 Å². The van der Waals surface area contributed by atoms with Gasteiger partial charge in [0, 0.05) is 34.0 Å². The van der Waals surface area contributed by atoms with Gasteiger partial charge in [-0.2, -0.15) is 0 Å². The molecule has 0 bridgehead atoms. The van der Waals surface area contributed by atoms with Crippen molar-refractivity contribution < 1.29 is 0 Å². The minimum absolute atomic E-state index is 0. The molecule has 0 heterocycles. The summed E-state index contributed by atoms with van der Waals surface area (Å²) in [7, 11) is 0. The Morgan fingerprint density at radius 2 is 1.50 bits per heavy atom. The molecule has 0 aliphatic heterocycles. The maximum atomic E-state index is 3.31. The predicted molar refractivity (Wildman–Crippen MR) is 39.9 cm³/mol. The number of hydrogen-bond donors (Lipinski definition) is 0. The Balaban J connectivity index is 0.000000490. The third-order valence-electron chi connectivity index (χ3n) is 0.733. The Morgan fingerprint density at radius 1 is 1.00 bits per heavy atom. The van der Waals surface area contributed by atoms with E-state index < -0.39 is 0 Å². The quantitative estimate of drug-likeness (QED) is 0.536. The van der Waals surface area contributed by atoms with Crippen molar-refractivity contribution in [1.29, 1.82) is 0 Å². The number of rotatable bonds is 0. The van der Waals surface area contributed by atoms with Crippen LogP contribution in [0.5, 0.6) is 0 Å². The van der Waals surface area contributed by atoms with Gasteiger partial charge in [0.05, 0.1) is 0 Å². The van der Waals surface area contributed by atoms with E-state index >= 15 is 0 Å². The van der Waals surface area contributed by atoms with Gasteiger partial charge in [-0.1, -0.05) is 34.1 Å². The summed E-state index contributed by atoms with van der Waals surface area (Å²) in [6.07, 6.45) is 0. The molecule has 37 valence electrons. The average molecular weight is 180 g/mol. The van der Waals surface area contributed by atoms with E-state index in [0.717, 1.165) is 4.47 Å². The third-order valence-corrected chi connectivity index (χ3v) is 1.26. The van der Waals surface area contributed by atoms with Gasteiger partial charge in [0.25, 0.3) is 0 Å². The van der Waals surface area contributed by atoms with Gasteiger partial charge < -0.3 is 0 Å². The van der Waals surface area contributed by atoms with Gasteiger partial charge >= 0.3 is 0 Å². The zero-order valence-corrected chi connectivity index (χ0v) is 8.35. The van der Waals surface area contributed by atoms with Crippen LogP contribution < -0.4 is 0 Å². The van der Waals surface area contributed by atoms with Crippen LogP contribution in [-0.4, -0.2) is 29.6 Å². The first-order valence-corrected chi connectivity index (χ1v) is 2.89. The molecular formula is C6H5BrNa. The second kappa shape index (κ2) is 4.57.